The number of benzene rings is 1. The van der Waals surface area contributed by atoms with Crippen LogP contribution in [0.3, 0.4) is 0 Å². The molecule has 1 fully saturated rings. The second kappa shape index (κ2) is 5.53. The number of hydrogen-bond donors (Lipinski definition) is 0. The van der Waals surface area contributed by atoms with Crippen LogP contribution in [-0.2, 0) is 11.8 Å². The van der Waals surface area contributed by atoms with E-state index in [1.807, 2.05) is 34.6 Å². The molecule has 0 N–H and O–H groups in total. The van der Waals surface area contributed by atoms with Crippen LogP contribution in [-0.4, -0.2) is 31.4 Å². The van der Waals surface area contributed by atoms with Gasteiger partial charge in [0.2, 0.25) is 0 Å². The summed E-state index contributed by atoms with van der Waals surface area (Å²) < 4.78 is 9.58. The minimum atomic E-state index is -0.290. The van der Waals surface area contributed by atoms with E-state index in [2.05, 4.69) is 10.1 Å². The summed E-state index contributed by atoms with van der Waals surface area (Å²) >= 11 is 0. The van der Waals surface area contributed by atoms with Gasteiger partial charge in [0, 0.05) is 19.4 Å². The molecular weight excluding hydrogens is 292 g/mol. The summed E-state index contributed by atoms with van der Waals surface area (Å²) in [5.41, 5.74) is 2.34. The zero-order valence-electron chi connectivity index (χ0n) is 12.9. The van der Waals surface area contributed by atoms with E-state index in [1.54, 1.807) is 24.7 Å². The molecule has 0 bridgehead atoms. The molecule has 1 saturated carbocycles. The number of rotatable bonds is 3. The van der Waals surface area contributed by atoms with Gasteiger partial charge in [0.1, 0.15) is 6.10 Å². The molecule has 2 aromatic heterocycles. The van der Waals surface area contributed by atoms with Gasteiger partial charge in [0.15, 0.2) is 0 Å². The van der Waals surface area contributed by atoms with E-state index < -0.39 is 0 Å². The van der Waals surface area contributed by atoms with E-state index >= 15 is 0 Å². The fourth-order valence-corrected chi connectivity index (χ4v) is 3.29. The molecule has 4 rings (SSSR count). The van der Waals surface area contributed by atoms with Crippen molar-refractivity contribution >= 4 is 17.0 Å². The molecular formula is C17H18N4O2. The zero-order chi connectivity index (χ0) is 15.8. The van der Waals surface area contributed by atoms with Crippen LogP contribution in [0.25, 0.3) is 11.0 Å². The molecule has 2 heterocycles. The van der Waals surface area contributed by atoms with E-state index in [1.165, 1.54) is 0 Å². The van der Waals surface area contributed by atoms with Crippen molar-refractivity contribution < 1.29 is 9.53 Å². The summed E-state index contributed by atoms with van der Waals surface area (Å²) in [4.78, 5) is 16.8. The normalized spacial score (nSPS) is 20.9. The quantitative estimate of drug-likeness (QED) is 0.698. The Labute approximate surface area is 133 Å². The maximum Gasteiger partial charge on any atom is 0.338 e. The molecule has 6 heteroatoms. The number of esters is 1. The molecule has 1 aromatic carbocycles. The monoisotopic (exact) mass is 310 g/mol. The van der Waals surface area contributed by atoms with Gasteiger partial charge in [-0.2, -0.15) is 5.10 Å². The number of hydrogen-bond acceptors (Lipinski definition) is 4. The summed E-state index contributed by atoms with van der Waals surface area (Å²) in [6.45, 7) is 0. The number of carbonyl (C=O) groups excluding carboxylic acids is 1. The fraction of sp³-hybridized carbons (Fsp3) is 0.353. The molecule has 1 aliphatic carbocycles. The first-order chi connectivity index (χ1) is 11.2. The maximum atomic E-state index is 12.5. The SMILES string of the molecule is Cn1cnc2cc(C(=O)O[C@@H]3CCC[C@H]3n3cccn3)ccc21. The lowest BCUT2D eigenvalue weighted by Gasteiger charge is -2.20. The molecule has 0 spiro atoms. The predicted octanol–water partition coefficient (Wildman–Crippen LogP) is 2.72. The average molecular weight is 310 g/mol. The highest BCUT2D eigenvalue weighted by atomic mass is 16.5. The third kappa shape index (κ3) is 2.50. The van der Waals surface area contributed by atoms with Crippen LogP contribution in [0.5, 0.6) is 0 Å². The lowest BCUT2D eigenvalue weighted by Crippen LogP contribution is -2.25. The van der Waals surface area contributed by atoms with Crippen molar-refractivity contribution in [2.24, 2.45) is 7.05 Å². The summed E-state index contributed by atoms with van der Waals surface area (Å²) in [5, 5.41) is 4.28. The third-order valence-electron chi connectivity index (χ3n) is 4.50. The molecule has 23 heavy (non-hydrogen) atoms. The van der Waals surface area contributed by atoms with Gasteiger partial charge in [-0.1, -0.05) is 0 Å². The minimum Gasteiger partial charge on any atom is -0.456 e. The lowest BCUT2D eigenvalue weighted by molar-refractivity contribution is 0.0210. The molecule has 0 saturated heterocycles. The Hall–Kier alpha value is -2.63. The van der Waals surface area contributed by atoms with Crippen LogP contribution >= 0.6 is 0 Å². The third-order valence-corrected chi connectivity index (χ3v) is 4.50. The van der Waals surface area contributed by atoms with Crippen LogP contribution in [0, 0.1) is 0 Å². The average Bonchev–Trinajstić information content (AvgIpc) is 3.28. The van der Waals surface area contributed by atoms with Gasteiger partial charge >= 0.3 is 5.97 Å². The van der Waals surface area contributed by atoms with E-state index in [0.29, 0.717) is 5.56 Å². The second-order valence-corrected chi connectivity index (χ2v) is 5.99. The van der Waals surface area contributed by atoms with Crippen molar-refractivity contribution in [1.82, 2.24) is 19.3 Å². The zero-order valence-corrected chi connectivity index (χ0v) is 12.9. The van der Waals surface area contributed by atoms with Gasteiger partial charge in [-0.3, -0.25) is 4.68 Å². The molecule has 0 aliphatic heterocycles. The van der Waals surface area contributed by atoms with Gasteiger partial charge in [-0.25, -0.2) is 9.78 Å². The number of aromatic nitrogens is 4. The Morgan fingerprint density at radius 2 is 2.26 bits per heavy atom. The summed E-state index contributed by atoms with van der Waals surface area (Å²) in [6.07, 6.45) is 8.21. The smallest absolute Gasteiger partial charge is 0.338 e. The van der Waals surface area contributed by atoms with Crippen LogP contribution in [0.2, 0.25) is 0 Å². The number of fused-ring (bicyclic) bond motifs is 1. The van der Waals surface area contributed by atoms with Crippen LogP contribution < -0.4 is 0 Å². The number of imidazole rings is 1. The Bertz CT molecular complexity index is 838. The lowest BCUT2D eigenvalue weighted by atomic mass is 10.2. The van der Waals surface area contributed by atoms with Crippen molar-refractivity contribution in [3.8, 4) is 0 Å². The van der Waals surface area contributed by atoms with Gasteiger partial charge in [0.25, 0.3) is 0 Å². The van der Waals surface area contributed by atoms with Crippen molar-refractivity contribution in [2.75, 3.05) is 0 Å². The maximum absolute atomic E-state index is 12.5. The first-order valence-corrected chi connectivity index (χ1v) is 7.83. The number of nitrogens with zero attached hydrogens (tertiary/aromatic N) is 4. The standard InChI is InChI=1S/C17H18N4O2/c1-20-11-18-13-10-12(6-7-14(13)20)17(22)23-16-5-2-4-15(16)21-9-3-8-19-21/h3,6-11,15-16H,2,4-5H2,1H3/t15-,16-/m1/s1. The highest BCUT2D eigenvalue weighted by Crippen LogP contribution is 2.32. The molecule has 3 aromatic rings. The van der Waals surface area contributed by atoms with E-state index in [9.17, 15) is 4.79 Å². The molecule has 118 valence electrons. The summed E-state index contributed by atoms with van der Waals surface area (Å²) in [6, 6.07) is 7.51. The van der Waals surface area contributed by atoms with Gasteiger partial charge < -0.3 is 9.30 Å². The highest BCUT2D eigenvalue weighted by Gasteiger charge is 2.32. The number of aryl methyl sites for hydroxylation is 1. The number of ether oxygens (including phenoxy) is 1. The molecule has 0 unspecified atom stereocenters. The molecule has 1 aliphatic rings. The van der Waals surface area contributed by atoms with Gasteiger partial charge in [-0.15, -0.1) is 0 Å². The summed E-state index contributed by atoms with van der Waals surface area (Å²) in [7, 11) is 1.93. The van der Waals surface area contributed by atoms with Gasteiger partial charge in [-0.05, 0) is 43.5 Å². The number of carbonyl (C=O) groups is 1. The van der Waals surface area contributed by atoms with Crippen molar-refractivity contribution in [1.29, 1.82) is 0 Å². The van der Waals surface area contributed by atoms with Crippen LogP contribution in [0.15, 0.2) is 43.0 Å². The van der Waals surface area contributed by atoms with Crippen LogP contribution in [0.1, 0.15) is 35.7 Å². The largest absolute Gasteiger partial charge is 0.456 e. The van der Waals surface area contributed by atoms with Gasteiger partial charge in [0.05, 0.1) is 29.0 Å². The van der Waals surface area contributed by atoms with E-state index in [0.717, 1.165) is 30.3 Å². The van der Waals surface area contributed by atoms with Crippen LogP contribution in [0.4, 0.5) is 0 Å². The Balaban J connectivity index is 1.54. The Kier molecular flexibility index (Phi) is 3.37. The minimum absolute atomic E-state index is 0.123. The topological polar surface area (TPSA) is 61.9 Å². The van der Waals surface area contributed by atoms with Crippen molar-refractivity contribution in [3.63, 3.8) is 0 Å². The fourth-order valence-electron chi connectivity index (χ4n) is 3.29. The Morgan fingerprint density at radius 3 is 3.09 bits per heavy atom. The van der Waals surface area contributed by atoms with Crippen molar-refractivity contribution in [2.45, 2.75) is 31.4 Å². The van der Waals surface area contributed by atoms with E-state index in [4.69, 9.17) is 4.74 Å². The summed E-state index contributed by atoms with van der Waals surface area (Å²) in [5.74, 6) is -0.290. The first kappa shape index (κ1) is 14.0. The molecule has 0 radical (unpaired) electrons. The Morgan fingerprint density at radius 1 is 1.35 bits per heavy atom. The van der Waals surface area contributed by atoms with Crippen molar-refractivity contribution in [3.05, 3.63) is 48.5 Å². The molecule has 0 amide bonds. The van der Waals surface area contributed by atoms with E-state index in [-0.39, 0.29) is 18.1 Å². The molecule has 6 nitrogen and oxygen atoms in total. The highest BCUT2D eigenvalue weighted by molar-refractivity contribution is 5.93. The molecule has 2 atom stereocenters. The second-order valence-electron chi connectivity index (χ2n) is 5.99. The predicted molar refractivity (Wildman–Crippen MR) is 85.0 cm³/mol. The first-order valence-electron chi connectivity index (χ1n) is 7.83.